The van der Waals surface area contributed by atoms with E-state index in [0.717, 1.165) is 4.90 Å². The Balaban J connectivity index is 1.36. The minimum atomic E-state index is -4.85. The molecule has 0 spiro atoms. The number of likely N-dealkylation sites (tertiary alicyclic amines) is 2. The fraction of sp³-hybridized carbons (Fsp3) is 0.567. The summed E-state index contributed by atoms with van der Waals surface area (Å²) >= 11 is 0. The number of piperidine rings is 1. The molecule has 3 aromatic heterocycles. The van der Waals surface area contributed by atoms with Crippen LogP contribution in [0.5, 0.6) is 5.88 Å². The number of carbonyl (C=O) groups excluding carboxylic acids is 2. The van der Waals surface area contributed by atoms with E-state index in [0.29, 0.717) is 22.3 Å². The van der Waals surface area contributed by atoms with Crippen LogP contribution in [0.1, 0.15) is 49.5 Å². The molecule has 2 amide bonds. The van der Waals surface area contributed by atoms with Crippen LogP contribution in [0.4, 0.5) is 37.0 Å². The maximum atomic E-state index is 15.0. The van der Waals surface area contributed by atoms with Crippen molar-refractivity contribution in [3.63, 3.8) is 0 Å². The van der Waals surface area contributed by atoms with Crippen LogP contribution in [0.3, 0.4) is 0 Å². The van der Waals surface area contributed by atoms with Gasteiger partial charge in [0, 0.05) is 56.2 Å². The molecule has 0 saturated carbocycles. The molecule has 262 valence electrons. The van der Waals surface area contributed by atoms with Gasteiger partial charge < -0.3 is 25.4 Å². The van der Waals surface area contributed by atoms with Gasteiger partial charge in [-0.15, -0.1) is 0 Å². The molecule has 2 saturated heterocycles. The maximum Gasteiger partial charge on any atom is 0.426 e. The Morgan fingerprint density at radius 1 is 1.12 bits per heavy atom. The summed E-state index contributed by atoms with van der Waals surface area (Å²) in [6.45, 7) is 3.38. The first-order valence-electron chi connectivity index (χ1n) is 15.1. The van der Waals surface area contributed by atoms with Crippen LogP contribution in [-0.2, 0) is 11.3 Å². The summed E-state index contributed by atoms with van der Waals surface area (Å²) < 4.78 is 94.7. The second-order valence-electron chi connectivity index (χ2n) is 13.0. The standard InChI is InChI=1S/C30H36F6N8O4/c1-28(2,3)26(30(34,35)36)48-27(46)43-13-19(31)20(14-43)41-24(45)18-9-16(11-38-25(18)47-4)21-10-17(22-23(37)39-15-40-44(21)22)12-42-7-5-29(32,33)6-8-42/h9-11,15,19-20,26H,5-8,12-14H2,1-4H3,(H,41,45)(H2,37,39,40)/t19-,20+,26?/m0/s1. The van der Waals surface area contributed by atoms with Crippen molar-refractivity contribution in [3.05, 3.63) is 35.8 Å². The van der Waals surface area contributed by atoms with Gasteiger partial charge in [0.25, 0.3) is 11.8 Å². The van der Waals surface area contributed by atoms with Gasteiger partial charge in [0.2, 0.25) is 12.0 Å². The summed E-state index contributed by atoms with van der Waals surface area (Å²) in [7, 11) is 1.27. The second kappa shape index (κ2) is 12.9. The van der Waals surface area contributed by atoms with Gasteiger partial charge in [0.05, 0.1) is 25.4 Å². The Hall–Kier alpha value is -4.35. The quantitative estimate of drug-likeness (QED) is 0.345. The smallest absolute Gasteiger partial charge is 0.426 e. The van der Waals surface area contributed by atoms with E-state index in [-0.39, 0.29) is 49.7 Å². The summed E-state index contributed by atoms with van der Waals surface area (Å²) in [5.41, 5.74) is 6.53. The van der Waals surface area contributed by atoms with Gasteiger partial charge in [-0.2, -0.15) is 18.3 Å². The number of nitrogens with one attached hydrogen (secondary N) is 1. The van der Waals surface area contributed by atoms with Crippen molar-refractivity contribution in [2.45, 2.75) is 70.6 Å². The average Bonchev–Trinajstić information content (AvgIpc) is 3.56. The number of hydrogen-bond donors (Lipinski definition) is 2. The highest BCUT2D eigenvalue weighted by molar-refractivity contribution is 5.98. The fourth-order valence-corrected chi connectivity index (χ4v) is 5.87. The van der Waals surface area contributed by atoms with Crippen LogP contribution in [0.25, 0.3) is 16.8 Å². The second-order valence-corrected chi connectivity index (χ2v) is 13.0. The predicted octanol–water partition coefficient (Wildman–Crippen LogP) is 4.48. The lowest BCUT2D eigenvalue weighted by Gasteiger charge is -2.32. The molecule has 3 atom stereocenters. The lowest BCUT2D eigenvalue weighted by molar-refractivity contribution is -0.232. The average molecular weight is 687 g/mol. The van der Waals surface area contributed by atoms with Crippen LogP contribution in [0.2, 0.25) is 0 Å². The predicted molar refractivity (Wildman–Crippen MR) is 160 cm³/mol. The molecule has 0 aromatic carbocycles. The molecule has 3 N–H and O–H groups in total. The molecule has 5 rings (SSSR count). The third-order valence-corrected chi connectivity index (χ3v) is 8.35. The molecule has 18 heteroatoms. The molecule has 2 aliphatic rings. The van der Waals surface area contributed by atoms with Gasteiger partial charge in [-0.3, -0.25) is 9.69 Å². The number of pyridine rings is 1. The molecule has 0 radical (unpaired) electrons. The number of carbonyl (C=O) groups is 2. The number of methoxy groups -OCH3 is 1. The Labute approximate surface area is 271 Å². The number of ether oxygens (including phenoxy) is 2. The number of hydrogen-bond acceptors (Lipinski definition) is 9. The van der Waals surface area contributed by atoms with Gasteiger partial charge in [0.1, 0.15) is 23.6 Å². The summed E-state index contributed by atoms with van der Waals surface area (Å²) in [5, 5.41) is 6.78. The molecule has 3 aromatic rings. The number of rotatable bonds is 7. The zero-order valence-corrected chi connectivity index (χ0v) is 26.7. The normalized spacial score (nSPS) is 20.9. The number of nitrogens with two attached hydrogens (primary N) is 1. The molecule has 2 aliphatic heterocycles. The van der Waals surface area contributed by atoms with E-state index >= 15 is 4.39 Å². The fourth-order valence-electron chi connectivity index (χ4n) is 5.87. The van der Waals surface area contributed by atoms with E-state index < -0.39 is 60.9 Å². The molecule has 1 unspecified atom stereocenters. The third-order valence-electron chi connectivity index (χ3n) is 8.35. The van der Waals surface area contributed by atoms with Crippen LogP contribution in [0, 0.1) is 5.41 Å². The summed E-state index contributed by atoms with van der Waals surface area (Å²) in [5.74, 6) is -3.50. The Kier molecular flexibility index (Phi) is 9.42. The van der Waals surface area contributed by atoms with E-state index in [1.54, 1.807) is 6.07 Å². The van der Waals surface area contributed by atoms with Crippen molar-refractivity contribution < 1.29 is 45.4 Å². The summed E-state index contributed by atoms with van der Waals surface area (Å²) in [6, 6.07) is 1.89. The van der Waals surface area contributed by atoms with Crippen molar-refractivity contribution in [3.8, 4) is 17.1 Å². The van der Waals surface area contributed by atoms with Crippen LogP contribution >= 0.6 is 0 Å². The first-order chi connectivity index (χ1) is 22.4. The molecule has 12 nitrogen and oxygen atoms in total. The maximum absolute atomic E-state index is 15.0. The number of halogens is 6. The number of nitrogens with zero attached hydrogens (tertiary/aromatic N) is 6. The number of nitrogen functional groups attached to an aromatic ring is 1. The Bertz CT molecular complexity index is 1650. The Morgan fingerprint density at radius 2 is 1.81 bits per heavy atom. The van der Waals surface area contributed by atoms with Crippen LogP contribution < -0.4 is 15.8 Å². The van der Waals surface area contributed by atoms with Crippen LogP contribution in [0.15, 0.2) is 24.7 Å². The lowest BCUT2D eigenvalue weighted by Crippen LogP contribution is -2.47. The number of alkyl halides is 6. The largest absolute Gasteiger partial charge is 0.480 e. The zero-order valence-electron chi connectivity index (χ0n) is 26.7. The molecule has 0 aliphatic carbocycles. The minimum absolute atomic E-state index is 0.107. The molecular weight excluding hydrogens is 650 g/mol. The highest BCUT2D eigenvalue weighted by Gasteiger charge is 2.51. The van der Waals surface area contributed by atoms with E-state index in [4.69, 9.17) is 15.2 Å². The lowest BCUT2D eigenvalue weighted by atomic mass is 9.88. The van der Waals surface area contributed by atoms with Gasteiger partial charge in [0.15, 0.2) is 5.82 Å². The molecule has 48 heavy (non-hydrogen) atoms. The van der Waals surface area contributed by atoms with Crippen molar-refractivity contribution in [1.82, 2.24) is 34.7 Å². The van der Waals surface area contributed by atoms with E-state index in [9.17, 15) is 31.5 Å². The molecular formula is C30H36F6N8O4. The van der Waals surface area contributed by atoms with Crippen molar-refractivity contribution in [2.24, 2.45) is 5.41 Å². The SMILES string of the molecule is COc1ncc(-c2cc(CN3CCC(F)(F)CC3)c3c(N)ncnn23)cc1C(=O)N[C@@H]1CN(C(=O)OC(C(C)(C)C)C(F)(F)F)C[C@@H]1F. The summed E-state index contributed by atoms with van der Waals surface area (Å²) in [6.07, 6.45) is -8.35. The van der Waals surface area contributed by atoms with Gasteiger partial charge in [-0.1, -0.05) is 20.8 Å². The molecule has 0 bridgehead atoms. The van der Waals surface area contributed by atoms with Crippen molar-refractivity contribution >= 4 is 23.3 Å². The topological polar surface area (TPSA) is 140 Å². The van der Waals surface area contributed by atoms with Crippen LogP contribution in [-0.4, -0.2) is 105 Å². The number of fused-ring (bicyclic) bond motifs is 1. The van der Waals surface area contributed by atoms with Gasteiger partial charge in [-0.05, 0) is 17.7 Å². The number of aromatic nitrogens is 4. The summed E-state index contributed by atoms with van der Waals surface area (Å²) in [4.78, 5) is 37.0. The van der Waals surface area contributed by atoms with E-state index in [2.05, 4.69) is 20.4 Å². The zero-order chi connectivity index (χ0) is 35.2. The van der Waals surface area contributed by atoms with Gasteiger partial charge in [-0.25, -0.2) is 32.4 Å². The third kappa shape index (κ3) is 7.37. The highest BCUT2D eigenvalue weighted by atomic mass is 19.4. The van der Waals surface area contributed by atoms with Crippen molar-refractivity contribution in [2.75, 3.05) is 39.0 Å². The van der Waals surface area contributed by atoms with Gasteiger partial charge >= 0.3 is 12.3 Å². The molecule has 2 fully saturated rings. The molecule has 5 heterocycles. The number of amides is 2. The van der Waals surface area contributed by atoms with Crippen molar-refractivity contribution in [1.29, 1.82) is 0 Å². The van der Waals surface area contributed by atoms with E-state index in [1.165, 1.54) is 51.0 Å². The monoisotopic (exact) mass is 686 g/mol. The van der Waals surface area contributed by atoms with E-state index in [1.807, 2.05) is 4.90 Å². The number of anilines is 1. The minimum Gasteiger partial charge on any atom is -0.480 e. The first-order valence-corrected chi connectivity index (χ1v) is 15.1. The Morgan fingerprint density at radius 3 is 2.44 bits per heavy atom. The first kappa shape index (κ1) is 35.0. The highest BCUT2D eigenvalue weighted by Crippen LogP contribution is 2.37.